The number of aromatic hydroxyl groups is 2. The lowest BCUT2D eigenvalue weighted by Crippen LogP contribution is -2.62. The van der Waals surface area contributed by atoms with E-state index in [1.807, 2.05) is 0 Å². The van der Waals surface area contributed by atoms with Crippen molar-refractivity contribution < 1.29 is 127 Å². The van der Waals surface area contributed by atoms with E-state index in [9.17, 15) is 122 Å². The number of carbonyl (C=O) groups excluding carboxylic acids is 15. The zero-order chi connectivity index (χ0) is 106. The Morgan fingerprint density at radius 2 is 0.746 bits per heavy atom. The fourth-order valence-corrected chi connectivity index (χ4v) is 15.2. The molecule has 142 heavy (non-hydrogen) atoms. The van der Waals surface area contributed by atoms with Gasteiger partial charge in [-0.2, -0.15) is 0 Å². The number of primary amides is 1. The molecule has 4 aromatic rings. The van der Waals surface area contributed by atoms with Gasteiger partial charge in [-0.1, -0.05) is 96.1 Å². The summed E-state index contributed by atoms with van der Waals surface area (Å²) in [7, 11) is 0. The third kappa shape index (κ3) is 42.7. The number of carboxylic acid groups (broad SMARTS) is 4. The molecule has 0 unspecified atom stereocenters. The van der Waals surface area contributed by atoms with Crippen molar-refractivity contribution in [2.75, 3.05) is 19.6 Å². The lowest BCUT2D eigenvalue weighted by Gasteiger charge is -2.31. The molecule has 1 saturated heterocycles. The Morgan fingerprint density at radius 1 is 0.408 bits per heavy atom. The number of aliphatic hydroxyl groups is 1. The molecule has 1 aromatic heterocycles. The standard InChI is InChI=1S/C92H136N24O26/c1-47(2)38-63(81(132)105-58(27-31-71(94)120)79(130)112-67(42-52-19-23-55(118)24-20-52)85(136)113-68(43-53-21-25-56(119)26-22-53)84(135)111-64(39-48(3)4)82(133)107-62(90(141)142)17-12-36-101-92(97)98)110-83(134)65(40-49(5)6)109-80(131)60(29-33-73(123)124)104-77(128)59(28-32-72(121)122)103-78(129)61(30-34-74(125)126)106-88(139)75(50(7)117)115-87(138)70-18-13-37-116(70)89(140)69(44-54-45-99-46-102-54)114-86(137)66(41-51-14-9-8-10-15-51)108-76(127)57(93)16-11-35-100-91(95)96/h8-10,14-15,19-26,45-50,57-70,75,117-119H,11-13,16-18,27-44,93H2,1-7H3,(H2,94,120)(H,99,102)(H,103,129)(H,104,128)(H,105,132)(H,106,139)(H,107,133)(H,108,127)(H,109,131)(H,110,134)(H,111,135)(H,112,130)(H,113,136)(H,114,137)(H,115,138)(H,121,122)(H,123,124)(H,125,126)(H,141,142)(H4,95,96,100)(H4,97,98,101)/t50-,57+,58+,59+,60+,61+,62+,63+,64+,65+,66+,67+,68+,69+,70+,75+/m1/s1. The first kappa shape index (κ1) is 117. The highest BCUT2D eigenvalue weighted by Crippen LogP contribution is 2.23. The van der Waals surface area contributed by atoms with Crippen LogP contribution in [-0.4, -0.2) is 291 Å². The summed E-state index contributed by atoms with van der Waals surface area (Å²) in [4.78, 5) is 274. The number of aromatic nitrogens is 2. The van der Waals surface area contributed by atoms with Crippen LogP contribution in [0.4, 0.5) is 0 Å². The summed E-state index contributed by atoms with van der Waals surface area (Å²) < 4.78 is 0. The number of nitrogens with two attached hydrogens (primary N) is 4. The maximum atomic E-state index is 15.0. The largest absolute Gasteiger partial charge is 0.508 e. The number of aliphatic carboxylic acids is 4. The maximum Gasteiger partial charge on any atom is 0.326 e. The Balaban J connectivity index is 1.40. The van der Waals surface area contributed by atoms with Crippen LogP contribution in [0.3, 0.4) is 0 Å². The van der Waals surface area contributed by atoms with Gasteiger partial charge >= 0.3 is 23.9 Å². The molecule has 3 aromatic carbocycles. The molecule has 1 aliphatic heterocycles. The van der Waals surface area contributed by atoms with Gasteiger partial charge in [0.1, 0.15) is 96.1 Å². The number of hydrogen-bond donors (Lipinski definition) is 29. The van der Waals surface area contributed by atoms with Crippen LogP contribution >= 0.6 is 0 Å². The quantitative estimate of drug-likeness (QED) is 0.0113. The number of benzene rings is 3. The predicted octanol–water partition coefficient (Wildman–Crippen LogP) is -4.30. The summed E-state index contributed by atoms with van der Waals surface area (Å²) >= 11 is 0. The van der Waals surface area contributed by atoms with Crippen LogP contribution in [0.15, 0.2) is 91.4 Å². The van der Waals surface area contributed by atoms with Gasteiger partial charge in [-0.15, -0.1) is 0 Å². The number of likely N-dealkylation sites (tertiary alicyclic amines) is 1. The van der Waals surface area contributed by atoms with Gasteiger partial charge in [0.15, 0.2) is 11.9 Å². The van der Waals surface area contributed by atoms with Gasteiger partial charge in [0.25, 0.3) is 0 Å². The van der Waals surface area contributed by atoms with E-state index < -0.39 is 279 Å². The molecule has 0 aliphatic carbocycles. The van der Waals surface area contributed by atoms with Crippen molar-refractivity contribution in [1.82, 2.24) is 94.6 Å². The Morgan fingerprint density at radius 3 is 1.11 bits per heavy atom. The minimum absolute atomic E-state index is 0.0572. The Bertz CT molecular complexity index is 4970. The topological polar surface area (TPSA) is 830 Å². The number of phenolic OH excluding ortho intramolecular Hbond substituents is 2. The van der Waals surface area contributed by atoms with E-state index in [0.717, 1.165) is 11.8 Å². The molecule has 0 bridgehead atoms. The molecule has 1 aliphatic rings. The maximum absolute atomic E-state index is 15.0. The molecule has 1 fully saturated rings. The fourth-order valence-electron chi connectivity index (χ4n) is 15.2. The molecule has 33 N–H and O–H groups in total. The zero-order valence-corrected chi connectivity index (χ0v) is 80.2. The van der Waals surface area contributed by atoms with Crippen molar-refractivity contribution in [3.8, 4) is 11.5 Å². The SMILES string of the molecule is CC(C)C[C@H](NC(=O)[C@H](Cc1ccc(O)cc1)NC(=O)[C@H](Cc1ccc(O)cc1)NC(=O)[C@H](CCC(N)=O)NC(=O)[C@H](CC(C)C)NC(=O)[C@H](CC(C)C)NC(=O)[C@H](CCC(=O)O)NC(=O)[C@H](CCC(=O)O)NC(=O)[C@H](CCC(=O)O)NC(=O)[C@@H](NC(=O)[C@@H]1CCCN1C(=O)[C@H](Cc1c[nH]cn1)NC(=O)[C@H](Cc1ccccc1)NC(=O)[C@@H](N)CCCNC(=N)N)[C@@H](C)O)C(=O)N[C@@H](CCCNC(=N)N)C(=O)O. The first-order valence-electron chi connectivity index (χ1n) is 46.6. The minimum Gasteiger partial charge on any atom is -0.508 e. The minimum atomic E-state index is -2.05. The summed E-state index contributed by atoms with van der Waals surface area (Å²) in [6, 6.07) is -5.58. The lowest BCUT2D eigenvalue weighted by atomic mass is 9.98. The van der Waals surface area contributed by atoms with Crippen molar-refractivity contribution in [2.24, 2.45) is 40.7 Å². The molecule has 2 heterocycles. The van der Waals surface area contributed by atoms with E-state index in [0.29, 0.717) is 23.1 Å². The van der Waals surface area contributed by atoms with Gasteiger partial charge in [-0.05, 0) is 149 Å². The smallest absolute Gasteiger partial charge is 0.326 e. The van der Waals surface area contributed by atoms with Crippen LogP contribution in [0.1, 0.15) is 180 Å². The number of H-pyrrole nitrogens is 1. The number of imidazole rings is 1. The van der Waals surface area contributed by atoms with Crippen LogP contribution in [0.25, 0.3) is 0 Å². The summed E-state index contributed by atoms with van der Waals surface area (Å²) in [5, 5.41) is 124. The third-order valence-corrected chi connectivity index (χ3v) is 22.5. The highest BCUT2D eigenvalue weighted by molar-refractivity contribution is 6.01. The van der Waals surface area contributed by atoms with Crippen LogP contribution in [0.5, 0.6) is 11.5 Å². The van der Waals surface area contributed by atoms with Crippen LogP contribution in [0.2, 0.25) is 0 Å². The second-order valence-electron chi connectivity index (χ2n) is 35.9. The molecule has 16 atom stereocenters. The molecule has 0 saturated carbocycles. The molecular formula is C92H136N24O26. The number of carboxylic acids is 4. The third-order valence-electron chi connectivity index (χ3n) is 22.5. The van der Waals surface area contributed by atoms with Gasteiger partial charge in [0.05, 0.1) is 24.2 Å². The van der Waals surface area contributed by atoms with E-state index in [2.05, 4.69) is 89.7 Å². The Hall–Kier alpha value is -15.1. The number of phenols is 2. The fraction of sp³-hybridized carbons (Fsp3) is 0.543. The Kier molecular flexibility index (Phi) is 49.0. The van der Waals surface area contributed by atoms with Crippen LogP contribution in [0, 0.1) is 28.6 Å². The van der Waals surface area contributed by atoms with Gasteiger partial charge in [0.2, 0.25) is 88.6 Å². The van der Waals surface area contributed by atoms with E-state index in [-0.39, 0.29) is 125 Å². The zero-order valence-electron chi connectivity index (χ0n) is 80.2. The van der Waals surface area contributed by atoms with Crippen molar-refractivity contribution in [1.29, 1.82) is 10.8 Å². The second-order valence-corrected chi connectivity index (χ2v) is 35.9. The normalized spacial score (nSPS) is 15.4. The molecule has 0 spiro atoms. The van der Waals surface area contributed by atoms with Gasteiger partial charge in [-0.3, -0.25) is 97.1 Å². The number of guanidine groups is 2. The number of rotatable bonds is 63. The summed E-state index contributed by atoms with van der Waals surface area (Å²) in [5.41, 5.74) is 24.1. The first-order valence-corrected chi connectivity index (χ1v) is 46.6. The highest BCUT2D eigenvalue weighted by Gasteiger charge is 2.44. The van der Waals surface area contributed by atoms with Crippen LogP contribution in [-0.2, 0) is 117 Å². The van der Waals surface area contributed by atoms with E-state index in [4.69, 9.17) is 33.8 Å². The molecule has 15 amide bonds. The average Bonchev–Trinajstić information content (AvgIpc) is 1.64. The van der Waals surface area contributed by atoms with E-state index in [1.54, 1.807) is 71.9 Å². The molecular weight excluding hydrogens is 1860 g/mol. The molecule has 780 valence electrons. The molecule has 50 heteroatoms. The highest BCUT2D eigenvalue weighted by atomic mass is 16.4. The number of aliphatic hydroxyl groups excluding tert-OH is 1. The van der Waals surface area contributed by atoms with Crippen molar-refractivity contribution >= 4 is 124 Å². The monoisotopic (exact) mass is 1990 g/mol. The summed E-state index contributed by atoms with van der Waals surface area (Å²) in [5.74, 6) is -24.6. The number of nitrogens with one attached hydrogen (secondary N) is 18. The molecule has 5 rings (SSSR count). The lowest BCUT2D eigenvalue weighted by molar-refractivity contribution is -0.143. The number of hydrogen-bond acceptors (Lipinski definition) is 26. The first-order chi connectivity index (χ1) is 67.0. The number of carbonyl (C=O) groups is 19. The van der Waals surface area contributed by atoms with E-state index >= 15 is 4.79 Å². The van der Waals surface area contributed by atoms with Gasteiger partial charge in [-0.25, -0.2) is 9.78 Å². The number of aromatic amines is 1. The second kappa shape index (κ2) is 59.3. The summed E-state index contributed by atoms with van der Waals surface area (Å²) in [6.07, 6.45) is -6.48. The van der Waals surface area contributed by atoms with Gasteiger partial charge < -0.3 is 148 Å². The Labute approximate surface area is 818 Å². The number of nitrogens with zero attached hydrogens (tertiary/aromatic N) is 2. The molecule has 50 nitrogen and oxygen atoms in total. The van der Waals surface area contributed by atoms with Crippen molar-refractivity contribution in [2.45, 2.75) is 280 Å². The molecule has 0 radical (unpaired) electrons. The van der Waals surface area contributed by atoms with Gasteiger partial charge in [0, 0.05) is 77.2 Å². The van der Waals surface area contributed by atoms with Crippen molar-refractivity contribution in [3.05, 3.63) is 114 Å². The van der Waals surface area contributed by atoms with Crippen molar-refractivity contribution in [3.63, 3.8) is 0 Å². The van der Waals surface area contributed by atoms with Crippen LogP contribution < -0.4 is 103 Å². The summed E-state index contributed by atoms with van der Waals surface area (Å²) in [6.45, 7) is 11.2. The van der Waals surface area contributed by atoms with E-state index in [1.165, 1.54) is 61.1 Å². The number of amides is 15. The average molecular weight is 1990 g/mol. The predicted molar refractivity (Wildman–Crippen MR) is 509 cm³/mol.